The van der Waals surface area contributed by atoms with Gasteiger partial charge in [0.25, 0.3) is 0 Å². The first kappa shape index (κ1) is 15.0. The third kappa shape index (κ3) is 4.04. The van der Waals surface area contributed by atoms with Gasteiger partial charge in [-0.25, -0.2) is 8.42 Å². The first-order valence-corrected chi connectivity index (χ1v) is 9.48. The largest absolute Gasteiger partial charge is 0.399 e. The molecular weight excluding hydrogens is 302 g/mol. The van der Waals surface area contributed by atoms with Crippen molar-refractivity contribution < 1.29 is 8.42 Å². The number of nitrogen functional groups attached to an aromatic ring is 1. The summed E-state index contributed by atoms with van der Waals surface area (Å²) in [4.78, 5) is 0.945. The minimum atomic E-state index is -2.94. The molecule has 0 bridgehead atoms. The van der Waals surface area contributed by atoms with Crippen LogP contribution in [0.1, 0.15) is 25.7 Å². The Kier molecular flexibility index (Phi) is 4.69. The Labute approximate surface area is 123 Å². The summed E-state index contributed by atoms with van der Waals surface area (Å²) in [6.07, 6.45) is 4.80. The molecule has 1 saturated carbocycles. The van der Waals surface area contributed by atoms with Crippen molar-refractivity contribution in [3.63, 3.8) is 0 Å². The molecular formula is C13H18ClNO2S2. The van der Waals surface area contributed by atoms with E-state index in [2.05, 4.69) is 0 Å². The van der Waals surface area contributed by atoms with Gasteiger partial charge in [0.15, 0.2) is 0 Å². The van der Waals surface area contributed by atoms with Crippen LogP contribution in [0.3, 0.4) is 0 Å². The Morgan fingerprint density at radius 1 is 1.37 bits per heavy atom. The van der Waals surface area contributed by atoms with Gasteiger partial charge in [0, 0.05) is 22.1 Å². The number of rotatable bonds is 3. The summed E-state index contributed by atoms with van der Waals surface area (Å²) in [5, 5.41) is 0.770. The average Bonchev–Trinajstić information content (AvgIpc) is 2.33. The van der Waals surface area contributed by atoms with E-state index in [4.69, 9.17) is 17.3 Å². The Bertz CT molecular complexity index is 560. The molecule has 6 heteroatoms. The average molecular weight is 320 g/mol. The second-order valence-corrected chi connectivity index (χ2v) is 9.12. The Balaban J connectivity index is 2.09. The molecule has 1 aromatic carbocycles. The van der Waals surface area contributed by atoms with Crippen molar-refractivity contribution in [1.82, 2.24) is 0 Å². The number of anilines is 1. The fourth-order valence-corrected chi connectivity index (χ4v) is 5.29. The molecule has 0 spiro atoms. The maximum absolute atomic E-state index is 11.7. The van der Waals surface area contributed by atoms with E-state index in [1.807, 2.05) is 6.07 Å². The van der Waals surface area contributed by atoms with Gasteiger partial charge in [0.1, 0.15) is 9.84 Å². The topological polar surface area (TPSA) is 60.2 Å². The first-order valence-electron chi connectivity index (χ1n) is 6.27. The second-order valence-electron chi connectivity index (χ2n) is 5.05. The van der Waals surface area contributed by atoms with Crippen LogP contribution >= 0.6 is 23.4 Å². The molecule has 0 aromatic heterocycles. The molecule has 106 valence electrons. The lowest BCUT2D eigenvalue weighted by Gasteiger charge is -2.27. The van der Waals surface area contributed by atoms with Gasteiger partial charge in [0.2, 0.25) is 0 Å². The van der Waals surface area contributed by atoms with Crippen LogP contribution in [-0.4, -0.2) is 25.2 Å². The van der Waals surface area contributed by atoms with E-state index in [1.165, 1.54) is 6.26 Å². The predicted molar refractivity (Wildman–Crippen MR) is 82.6 cm³/mol. The molecule has 0 amide bonds. The lowest BCUT2D eigenvalue weighted by atomic mass is 10.00. The van der Waals surface area contributed by atoms with E-state index in [1.54, 1.807) is 23.9 Å². The number of sulfone groups is 1. The van der Waals surface area contributed by atoms with Crippen LogP contribution in [0.25, 0.3) is 0 Å². The summed E-state index contributed by atoms with van der Waals surface area (Å²) in [5.74, 6) is 0. The van der Waals surface area contributed by atoms with Crippen LogP contribution in [0.5, 0.6) is 0 Å². The van der Waals surface area contributed by atoms with Gasteiger partial charge < -0.3 is 5.73 Å². The van der Waals surface area contributed by atoms with Crippen molar-refractivity contribution in [3.8, 4) is 0 Å². The van der Waals surface area contributed by atoms with Crippen LogP contribution in [-0.2, 0) is 9.84 Å². The molecule has 1 aliphatic carbocycles. The fraction of sp³-hybridized carbons (Fsp3) is 0.538. The molecule has 0 saturated heterocycles. The molecule has 1 aromatic rings. The smallest absolute Gasteiger partial charge is 0.150 e. The Morgan fingerprint density at radius 2 is 2.11 bits per heavy atom. The summed E-state index contributed by atoms with van der Waals surface area (Å²) in [5.41, 5.74) is 6.44. The van der Waals surface area contributed by atoms with Gasteiger partial charge in [-0.15, -0.1) is 11.8 Å². The molecule has 1 fully saturated rings. The minimum Gasteiger partial charge on any atom is -0.399 e. The third-order valence-electron chi connectivity index (χ3n) is 3.43. The van der Waals surface area contributed by atoms with Crippen LogP contribution in [0.4, 0.5) is 5.69 Å². The van der Waals surface area contributed by atoms with E-state index < -0.39 is 9.84 Å². The number of nitrogens with two attached hydrogens (primary N) is 1. The summed E-state index contributed by atoms with van der Waals surface area (Å²) in [6.45, 7) is 0. The zero-order valence-electron chi connectivity index (χ0n) is 10.8. The number of benzene rings is 1. The highest BCUT2D eigenvalue weighted by atomic mass is 35.5. The predicted octanol–water partition coefficient (Wildman–Crippen LogP) is 3.37. The maximum Gasteiger partial charge on any atom is 0.150 e. The molecule has 2 rings (SSSR count). The van der Waals surface area contributed by atoms with Crippen LogP contribution in [0, 0.1) is 0 Å². The van der Waals surface area contributed by atoms with Gasteiger partial charge in [-0.2, -0.15) is 0 Å². The maximum atomic E-state index is 11.7. The summed E-state index contributed by atoms with van der Waals surface area (Å²) >= 11 is 7.80. The number of hydrogen-bond donors (Lipinski definition) is 1. The third-order valence-corrected chi connectivity index (χ3v) is 6.87. The Hall–Kier alpha value is -0.390. The van der Waals surface area contributed by atoms with Crippen molar-refractivity contribution in [2.24, 2.45) is 0 Å². The normalized spacial score (nSPS) is 24.3. The van der Waals surface area contributed by atoms with E-state index in [0.717, 1.165) is 24.2 Å². The van der Waals surface area contributed by atoms with Crippen molar-refractivity contribution in [1.29, 1.82) is 0 Å². The van der Waals surface area contributed by atoms with Crippen molar-refractivity contribution in [2.45, 2.75) is 41.1 Å². The zero-order chi connectivity index (χ0) is 14.0. The van der Waals surface area contributed by atoms with Crippen LogP contribution in [0.2, 0.25) is 5.02 Å². The van der Waals surface area contributed by atoms with Crippen LogP contribution in [0.15, 0.2) is 23.1 Å². The number of hydrogen-bond acceptors (Lipinski definition) is 4. The standard InChI is InChI=1S/C13H18ClNO2S2/c1-19(16,17)11-4-2-3-10(8-11)18-13-7-9(15)5-6-12(13)14/h5-7,10-11H,2-4,8,15H2,1H3. The molecule has 0 heterocycles. The van der Waals surface area contributed by atoms with Crippen LogP contribution < -0.4 is 5.73 Å². The van der Waals surface area contributed by atoms with Gasteiger partial charge in [-0.05, 0) is 37.5 Å². The second kappa shape index (κ2) is 5.94. The quantitative estimate of drug-likeness (QED) is 0.868. The first-order chi connectivity index (χ1) is 8.86. The lowest BCUT2D eigenvalue weighted by molar-refractivity contribution is 0.495. The molecule has 2 atom stereocenters. The highest BCUT2D eigenvalue weighted by molar-refractivity contribution is 8.00. The highest BCUT2D eigenvalue weighted by Gasteiger charge is 2.29. The zero-order valence-corrected chi connectivity index (χ0v) is 13.2. The fourth-order valence-electron chi connectivity index (χ4n) is 2.39. The van der Waals surface area contributed by atoms with E-state index in [0.29, 0.717) is 22.4 Å². The molecule has 0 aliphatic heterocycles. The Morgan fingerprint density at radius 3 is 2.79 bits per heavy atom. The van der Waals surface area contributed by atoms with Crippen molar-refractivity contribution in [3.05, 3.63) is 23.2 Å². The van der Waals surface area contributed by atoms with Gasteiger partial charge >= 0.3 is 0 Å². The summed E-state index contributed by atoms with van der Waals surface area (Å²) in [7, 11) is -2.94. The molecule has 19 heavy (non-hydrogen) atoms. The number of halogens is 1. The van der Waals surface area contributed by atoms with Crippen molar-refractivity contribution >= 4 is 38.9 Å². The molecule has 2 unspecified atom stereocenters. The molecule has 2 N–H and O–H groups in total. The van der Waals surface area contributed by atoms with Gasteiger partial charge in [-0.3, -0.25) is 0 Å². The number of thioether (sulfide) groups is 1. The monoisotopic (exact) mass is 319 g/mol. The van der Waals surface area contributed by atoms with E-state index in [-0.39, 0.29) is 5.25 Å². The molecule has 1 aliphatic rings. The van der Waals surface area contributed by atoms with Crippen molar-refractivity contribution in [2.75, 3.05) is 12.0 Å². The van der Waals surface area contributed by atoms with E-state index in [9.17, 15) is 8.42 Å². The SMILES string of the molecule is CS(=O)(=O)C1CCCC(Sc2cc(N)ccc2Cl)C1. The van der Waals surface area contributed by atoms with E-state index >= 15 is 0 Å². The molecule has 0 radical (unpaired) electrons. The lowest BCUT2D eigenvalue weighted by Crippen LogP contribution is -2.28. The van der Waals surface area contributed by atoms with Gasteiger partial charge in [0.05, 0.1) is 10.3 Å². The molecule has 3 nitrogen and oxygen atoms in total. The summed E-state index contributed by atoms with van der Waals surface area (Å²) in [6, 6.07) is 5.42. The highest BCUT2D eigenvalue weighted by Crippen LogP contribution is 2.39. The summed E-state index contributed by atoms with van der Waals surface area (Å²) < 4.78 is 23.3. The van der Waals surface area contributed by atoms with Gasteiger partial charge in [-0.1, -0.05) is 18.0 Å². The minimum absolute atomic E-state index is 0.210.